The van der Waals surface area contributed by atoms with Gasteiger partial charge in [0, 0.05) is 11.1 Å². The van der Waals surface area contributed by atoms with Crippen molar-refractivity contribution in [3.63, 3.8) is 0 Å². The van der Waals surface area contributed by atoms with Crippen LogP contribution in [0.25, 0.3) is 0 Å². The van der Waals surface area contributed by atoms with Crippen molar-refractivity contribution in [2.75, 3.05) is 11.3 Å². The summed E-state index contributed by atoms with van der Waals surface area (Å²) >= 11 is 1.23. The number of hydrogen-bond acceptors (Lipinski definition) is 6. The van der Waals surface area contributed by atoms with Gasteiger partial charge in [0.05, 0.1) is 18.4 Å². The molecule has 3 aromatic rings. The summed E-state index contributed by atoms with van der Waals surface area (Å²) in [6, 6.07) is 10.9. The second-order valence-corrected chi connectivity index (χ2v) is 9.12. The Morgan fingerprint density at radius 2 is 2.08 bits per heavy atom. The maximum Gasteiger partial charge on any atom is 0.271 e. The van der Waals surface area contributed by atoms with Crippen molar-refractivity contribution in [1.29, 1.82) is 0 Å². The number of ether oxygens (including phenoxy) is 2. The maximum atomic E-state index is 12.4. The van der Waals surface area contributed by atoms with Gasteiger partial charge in [-0.15, -0.1) is 11.3 Å². The van der Waals surface area contributed by atoms with Gasteiger partial charge in [-0.2, -0.15) is 5.10 Å². The summed E-state index contributed by atoms with van der Waals surface area (Å²) in [7, 11) is -3.59. The predicted molar refractivity (Wildman–Crippen MR) is 98.4 cm³/mol. The van der Waals surface area contributed by atoms with Crippen molar-refractivity contribution >= 4 is 27.0 Å². The van der Waals surface area contributed by atoms with Crippen LogP contribution in [0.15, 0.2) is 53.0 Å². The first-order valence-corrected chi connectivity index (χ1v) is 10.3. The molecule has 0 aliphatic carbocycles. The molecule has 1 atom stereocenters. The molecule has 0 amide bonds. The third kappa shape index (κ3) is 3.54. The topological polar surface area (TPSA) is 82.5 Å². The lowest BCUT2D eigenvalue weighted by molar-refractivity contribution is 0.0759. The summed E-state index contributed by atoms with van der Waals surface area (Å²) in [4.78, 5) is 0.941. The Morgan fingerprint density at radius 3 is 2.85 bits per heavy atom. The Morgan fingerprint density at radius 1 is 1.27 bits per heavy atom. The average Bonchev–Trinajstić information content (AvgIpc) is 3.24. The number of nitrogens with one attached hydrogen (secondary N) is 1. The van der Waals surface area contributed by atoms with Crippen molar-refractivity contribution in [2.24, 2.45) is 0 Å². The molecule has 0 fully saturated rings. The van der Waals surface area contributed by atoms with E-state index in [1.165, 1.54) is 17.5 Å². The zero-order valence-corrected chi connectivity index (χ0v) is 15.6. The highest BCUT2D eigenvalue weighted by atomic mass is 32.2. The number of benzene rings is 1. The van der Waals surface area contributed by atoms with Crippen LogP contribution in [-0.2, 0) is 16.6 Å². The molecule has 0 spiro atoms. The van der Waals surface area contributed by atoms with Crippen LogP contribution < -0.4 is 14.2 Å². The summed E-state index contributed by atoms with van der Waals surface area (Å²) < 4.78 is 40.8. The molecular formula is C17H17N3O4S2. The van der Waals surface area contributed by atoms with Crippen LogP contribution in [0.3, 0.4) is 0 Å². The second-order valence-electron chi connectivity index (χ2n) is 5.92. The summed E-state index contributed by atoms with van der Waals surface area (Å²) in [5, 5.41) is 4.21. The first kappa shape index (κ1) is 16.9. The molecule has 0 bridgehead atoms. The average molecular weight is 391 g/mol. The quantitative estimate of drug-likeness (QED) is 0.723. The zero-order chi connectivity index (χ0) is 18.1. The highest BCUT2D eigenvalue weighted by Crippen LogP contribution is 2.31. The number of anilines is 1. The summed E-state index contributed by atoms with van der Waals surface area (Å²) in [6.07, 6.45) is 2.92. The van der Waals surface area contributed by atoms with Crippen LogP contribution in [0.5, 0.6) is 11.5 Å². The molecular weight excluding hydrogens is 374 g/mol. The molecule has 1 aliphatic heterocycles. The van der Waals surface area contributed by atoms with Crippen LogP contribution in [-0.4, -0.2) is 30.9 Å². The van der Waals surface area contributed by atoms with Crippen molar-refractivity contribution in [2.45, 2.75) is 23.8 Å². The van der Waals surface area contributed by atoms with E-state index in [9.17, 15) is 8.42 Å². The molecule has 0 saturated carbocycles. The fourth-order valence-corrected chi connectivity index (χ4v) is 4.95. The van der Waals surface area contributed by atoms with Crippen molar-refractivity contribution < 1.29 is 17.9 Å². The van der Waals surface area contributed by atoms with Gasteiger partial charge in [-0.1, -0.05) is 12.1 Å². The minimum Gasteiger partial charge on any atom is -0.486 e. The number of nitrogens with zero attached hydrogens (tertiary/aromatic N) is 2. The van der Waals surface area contributed by atoms with E-state index >= 15 is 0 Å². The van der Waals surface area contributed by atoms with Crippen LogP contribution in [0.2, 0.25) is 0 Å². The van der Waals surface area contributed by atoms with E-state index in [2.05, 4.69) is 9.82 Å². The van der Waals surface area contributed by atoms with Crippen LogP contribution in [0.4, 0.5) is 5.69 Å². The fraction of sp³-hybridized carbons (Fsp3) is 0.235. The second kappa shape index (κ2) is 6.65. The number of rotatable bonds is 5. The van der Waals surface area contributed by atoms with E-state index in [0.717, 1.165) is 10.6 Å². The molecule has 2 aromatic heterocycles. The first-order valence-electron chi connectivity index (χ1n) is 8.00. The Kier molecular flexibility index (Phi) is 4.33. The van der Waals surface area contributed by atoms with Gasteiger partial charge in [-0.3, -0.25) is 9.40 Å². The van der Waals surface area contributed by atoms with Gasteiger partial charge in [0.25, 0.3) is 10.0 Å². The highest BCUT2D eigenvalue weighted by Gasteiger charge is 2.22. The number of para-hydroxylation sites is 2. The molecule has 4 rings (SSSR count). The Bertz CT molecular complexity index is 1030. The van der Waals surface area contributed by atoms with Crippen molar-refractivity contribution in [1.82, 2.24) is 9.78 Å². The van der Waals surface area contributed by atoms with Crippen molar-refractivity contribution in [3.8, 4) is 11.5 Å². The number of hydrogen-bond donors (Lipinski definition) is 1. The zero-order valence-electron chi connectivity index (χ0n) is 14.0. The van der Waals surface area contributed by atoms with Crippen LogP contribution >= 0.6 is 11.3 Å². The minimum absolute atomic E-state index is 0.200. The van der Waals surface area contributed by atoms with E-state index in [1.54, 1.807) is 23.0 Å². The van der Waals surface area contributed by atoms with Crippen LogP contribution in [0, 0.1) is 6.92 Å². The summed E-state index contributed by atoms with van der Waals surface area (Å²) in [5.41, 5.74) is 0.410. The molecule has 1 aliphatic rings. The molecule has 1 aromatic carbocycles. The highest BCUT2D eigenvalue weighted by molar-refractivity contribution is 7.94. The molecule has 9 heteroatoms. The summed E-state index contributed by atoms with van der Waals surface area (Å²) in [5.74, 6) is 1.42. The number of sulfonamides is 1. The van der Waals surface area contributed by atoms with E-state index < -0.39 is 10.0 Å². The van der Waals surface area contributed by atoms with E-state index in [4.69, 9.17) is 9.47 Å². The van der Waals surface area contributed by atoms with Gasteiger partial charge in [0.15, 0.2) is 17.6 Å². The van der Waals surface area contributed by atoms with Crippen LogP contribution in [0.1, 0.15) is 4.88 Å². The Labute approximate surface area is 155 Å². The Hall–Kier alpha value is -2.52. The maximum absolute atomic E-state index is 12.4. The number of aryl methyl sites for hydroxylation is 1. The third-order valence-corrected chi connectivity index (χ3v) is 6.70. The monoisotopic (exact) mass is 391 g/mol. The summed E-state index contributed by atoms with van der Waals surface area (Å²) in [6.45, 7) is 2.73. The lowest BCUT2D eigenvalue weighted by Gasteiger charge is -2.26. The molecule has 0 saturated heterocycles. The van der Waals surface area contributed by atoms with Gasteiger partial charge in [-0.05, 0) is 31.2 Å². The molecule has 0 radical (unpaired) electrons. The molecule has 136 valence electrons. The number of fused-ring (bicyclic) bond motifs is 1. The van der Waals surface area contributed by atoms with E-state index in [0.29, 0.717) is 24.6 Å². The predicted octanol–water partition coefficient (Wildman–Crippen LogP) is 2.89. The molecule has 0 unspecified atom stereocenters. The fourth-order valence-electron chi connectivity index (χ4n) is 2.64. The molecule has 3 heterocycles. The number of thiophene rings is 1. The van der Waals surface area contributed by atoms with Gasteiger partial charge >= 0.3 is 0 Å². The Balaban J connectivity index is 1.42. The smallest absolute Gasteiger partial charge is 0.271 e. The van der Waals surface area contributed by atoms with Gasteiger partial charge < -0.3 is 9.47 Å². The lowest BCUT2D eigenvalue weighted by atomic mass is 10.2. The largest absolute Gasteiger partial charge is 0.486 e. The molecule has 7 nitrogen and oxygen atoms in total. The van der Waals surface area contributed by atoms with E-state index in [-0.39, 0.29) is 10.3 Å². The lowest BCUT2D eigenvalue weighted by Crippen LogP contribution is -2.33. The standard InChI is InChI=1S/C17H17N3O4S2/c1-12-6-7-17(25-12)26(21,22)19-13-8-18-20(9-13)10-14-11-23-15-4-2-3-5-16(15)24-14/h2-9,14,19H,10-11H2,1H3/t14-/m0/s1. The van der Waals surface area contributed by atoms with Crippen molar-refractivity contribution in [3.05, 3.63) is 53.7 Å². The number of aromatic nitrogens is 2. The van der Waals surface area contributed by atoms with Gasteiger partial charge in [0.1, 0.15) is 10.8 Å². The molecule has 26 heavy (non-hydrogen) atoms. The van der Waals surface area contributed by atoms with Gasteiger partial charge in [0.2, 0.25) is 0 Å². The SMILES string of the molecule is Cc1ccc(S(=O)(=O)Nc2cnn(C[C@H]3COc4ccccc4O3)c2)s1. The normalized spacial score (nSPS) is 16.4. The third-order valence-electron chi connectivity index (χ3n) is 3.82. The first-order chi connectivity index (χ1) is 12.5. The minimum atomic E-state index is -3.59. The van der Waals surface area contributed by atoms with E-state index in [1.807, 2.05) is 31.2 Å². The van der Waals surface area contributed by atoms with Gasteiger partial charge in [-0.25, -0.2) is 8.42 Å². The molecule has 1 N–H and O–H groups in total.